The molecule has 1 atom stereocenters. The molecule has 1 unspecified atom stereocenters. The first-order valence-electron chi connectivity index (χ1n) is 4.78. The zero-order valence-corrected chi connectivity index (χ0v) is 10.4. The first kappa shape index (κ1) is 13.5. The van der Waals surface area contributed by atoms with E-state index >= 15 is 0 Å². The Morgan fingerprint density at radius 2 is 1.81 bits per heavy atom. The van der Waals surface area contributed by atoms with Gasteiger partial charge >= 0.3 is 6.18 Å². The van der Waals surface area contributed by atoms with Crippen LogP contribution in [0.1, 0.15) is 31.1 Å². The fourth-order valence-corrected chi connectivity index (χ4v) is 1.80. The molecule has 0 aromatic heterocycles. The highest BCUT2D eigenvalue weighted by Crippen LogP contribution is 2.37. The third-order valence-corrected chi connectivity index (χ3v) is 2.96. The lowest BCUT2D eigenvalue weighted by molar-refractivity contribution is -0.138. The van der Waals surface area contributed by atoms with Crippen molar-refractivity contribution < 1.29 is 18.3 Å². The van der Waals surface area contributed by atoms with Gasteiger partial charge in [-0.1, -0.05) is 35.8 Å². The molecular formula is C11H12BrF3O. The first-order valence-corrected chi connectivity index (χ1v) is 5.57. The van der Waals surface area contributed by atoms with Gasteiger partial charge in [0, 0.05) is 4.47 Å². The quantitative estimate of drug-likeness (QED) is 0.869. The zero-order chi connectivity index (χ0) is 12.5. The molecule has 16 heavy (non-hydrogen) atoms. The topological polar surface area (TPSA) is 20.2 Å². The Labute approximate surface area is 100 Å². The van der Waals surface area contributed by atoms with Gasteiger partial charge in [-0.05, 0) is 23.6 Å². The second kappa shape index (κ2) is 4.75. The van der Waals surface area contributed by atoms with Gasteiger partial charge in [-0.3, -0.25) is 0 Å². The van der Waals surface area contributed by atoms with Crippen LogP contribution < -0.4 is 0 Å². The summed E-state index contributed by atoms with van der Waals surface area (Å²) in [5.41, 5.74) is -0.477. The molecule has 0 saturated carbocycles. The largest absolute Gasteiger partial charge is 0.417 e. The maximum atomic E-state index is 12.6. The predicted molar refractivity (Wildman–Crippen MR) is 58.9 cm³/mol. The lowest BCUT2D eigenvalue weighted by atomic mass is 9.97. The van der Waals surface area contributed by atoms with Gasteiger partial charge < -0.3 is 5.11 Å². The van der Waals surface area contributed by atoms with Crippen LogP contribution in [0.4, 0.5) is 13.2 Å². The zero-order valence-electron chi connectivity index (χ0n) is 8.85. The van der Waals surface area contributed by atoms with Crippen molar-refractivity contribution in [2.45, 2.75) is 26.1 Å². The number of alkyl halides is 3. The van der Waals surface area contributed by atoms with E-state index in [4.69, 9.17) is 0 Å². The van der Waals surface area contributed by atoms with Crippen LogP contribution in [-0.4, -0.2) is 5.11 Å². The number of hydrogen-bond donors (Lipinski definition) is 1. The van der Waals surface area contributed by atoms with Gasteiger partial charge in [0.2, 0.25) is 0 Å². The van der Waals surface area contributed by atoms with Crippen molar-refractivity contribution in [2.24, 2.45) is 5.92 Å². The van der Waals surface area contributed by atoms with Gasteiger partial charge in [-0.25, -0.2) is 0 Å². The summed E-state index contributed by atoms with van der Waals surface area (Å²) >= 11 is 2.85. The summed E-state index contributed by atoms with van der Waals surface area (Å²) < 4.78 is 37.7. The number of aliphatic hydroxyl groups is 1. The second-order valence-electron chi connectivity index (χ2n) is 3.93. The second-order valence-corrected chi connectivity index (χ2v) is 4.78. The van der Waals surface area contributed by atoms with Gasteiger partial charge in [0.05, 0.1) is 11.7 Å². The van der Waals surface area contributed by atoms with Crippen molar-refractivity contribution in [3.63, 3.8) is 0 Å². The molecule has 1 nitrogen and oxygen atoms in total. The molecule has 0 heterocycles. The van der Waals surface area contributed by atoms with E-state index in [1.807, 2.05) is 0 Å². The molecule has 0 saturated heterocycles. The molecule has 1 rings (SSSR count). The fourth-order valence-electron chi connectivity index (χ4n) is 1.33. The van der Waals surface area contributed by atoms with Gasteiger partial charge in [0.15, 0.2) is 0 Å². The van der Waals surface area contributed by atoms with Crippen molar-refractivity contribution in [3.8, 4) is 0 Å². The molecule has 0 bridgehead atoms. The molecule has 0 aliphatic heterocycles. The molecule has 0 radical (unpaired) electrons. The van der Waals surface area contributed by atoms with Gasteiger partial charge in [0.1, 0.15) is 0 Å². The van der Waals surface area contributed by atoms with Crippen molar-refractivity contribution in [1.29, 1.82) is 0 Å². The third kappa shape index (κ3) is 2.98. The third-order valence-electron chi connectivity index (χ3n) is 2.27. The lowest BCUT2D eigenvalue weighted by Crippen LogP contribution is -2.10. The average molecular weight is 297 g/mol. The van der Waals surface area contributed by atoms with Crippen molar-refractivity contribution in [2.75, 3.05) is 0 Å². The smallest absolute Gasteiger partial charge is 0.388 e. The molecule has 0 fully saturated rings. The van der Waals surface area contributed by atoms with E-state index in [0.29, 0.717) is 0 Å². The van der Waals surface area contributed by atoms with E-state index in [9.17, 15) is 18.3 Å². The number of benzene rings is 1. The maximum absolute atomic E-state index is 12.6. The van der Waals surface area contributed by atoms with E-state index in [1.54, 1.807) is 13.8 Å². The maximum Gasteiger partial charge on any atom is 0.417 e. The van der Waals surface area contributed by atoms with E-state index < -0.39 is 17.8 Å². The van der Waals surface area contributed by atoms with Crippen LogP contribution in [0.3, 0.4) is 0 Å². The van der Waals surface area contributed by atoms with Crippen LogP contribution in [0.2, 0.25) is 0 Å². The summed E-state index contributed by atoms with van der Waals surface area (Å²) in [6, 6.07) is 3.78. The van der Waals surface area contributed by atoms with Crippen LogP contribution >= 0.6 is 15.9 Å². The Balaban J connectivity index is 3.18. The summed E-state index contributed by atoms with van der Waals surface area (Å²) in [6.07, 6.45) is -5.29. The molecule has 0 aliphatic carbocycles. The van der Waals surface area contributed by atoms with E-state index in [1.165, 1.54) is 12.1 Å². The van der Waals surface area contributed by atoms with E-state index in [0.717, 1.165) is 6.07 Å². The van der Waals surface area contributed by atoms with Crippen LogP contribution in [0.15, 0.2) is 22.7 Å². The molecule has 0 spiro atoms. The average Bonchev–Trinajstić information content (AvgIpc) is 2.15. The fraction of sp³-hybridized carbons (Fsp3) is 0.455. The van der Waals surface area contributed by atoms with Crippen molar-refractivity contribution >= 4 is 15.9 Å². The van der Waals surface area contributed by atoms with Crippen LogP contribution in [-0.2, 0) is 6.18 Å². The normalized spacial score (nSPS) is 14.2. The van der Waals surface area contributed by atoms with E-state index in [2.05, 4.69) is 15.9 Å². The first-order chi connectivity index (χ1) is 7.23. The van der Waals surface area contributed by atoms with Gasteiger partial charge in [-0.15, -0.1) is 0 Å². The molecular weight excluding hydrogens is 285 g/mol. The molecule has 1 aromatic carbocycles. The van der Waals surface area contributed by atoms with Crippen molar-refractivity contribution in [1.82, 2.24) is 0 Å². The molecule has 90 valence electrons. The minimum atomic E-state index is -4.41. The molecule has 0 aliphatic rings. The SMILES string of the molecule is CC(C)C(O)c1ccc(Br)c(C(F)(F)F)c1. The Morgan fingerprint density at radius 1 is 1.25 bits per heavy atom. The predicted octanol–water partition coefficient (Wildman–Crippen LogP) is 4.16. The summed E-state index contributed by atoms with van der Waals surface area (Å²) in [5, 5.41) is 9.70. The molecule has 5 heteroatoms. The monoisotopic (exact) mass is 296 g/mol. The molecule has 1 aromatic rings. The Morgan fingerprint density at radius 3 is 2.25 bits per heavy atom. The highest BCUT2D eigenvalue weighted by atomic mass is 79.9. The number of rotatable bonds is 2. The Bertz CT molecular complexity index is 374. The van der Waals surface area contributed by atoms with Crippen molar-refractivity contribution in [3.05, 3.63) is 33.8 Å². The summed E-state index contributed by atoms with van der Waals surface area (Å²) in [6.45, 7) is 3.50. The van der Waals surface area contributed by atoms with Crippen LogP contribution in [0, 0.1) is 5.92 Å². The Hall–Kier alpha value is -0.550. The summed E-state index contributed by atoms with van der Waals surface area (Å²) in [5.74, 6) is -0.123. The minimum absolute atomic E-state index is 0.0142. The van der Waals surface area contributed by atoms with Crippen LogP contribution in [0.5, 0.6) is 0 Å². The number of hydrogen-bond acceptors (Lipinski definition) is 1. The number of aliphatic hydroxyl groups excluding tert-OH is 1. The van der Waals surface area contributed by atoms with Gasteiger partial charge in [-0.2, -0.15) is 13.2 Å². The number of halogens is 4. The van der Waals surface area contributed by atoms with E-state index in [-0.39, 0.29) is 16.0 Å². The highest BCUT2D eigenvalue weighted by Gasteiger charge is 2.33. The summed E-state index contributed by atoms with van der Waals surface area (Å²) in [7, 11) is 0. The lowest BCUT2D eigenvalue weighted by Gasteiger charge is -2.17. The Kier molecular flexibility index (Phi) is 4.02. The summed E-state index contributed by atoms with van der Waals surface area (Å²) in [4.78, 5) is 0. The van der Waals surface area contributed by atoms with Gasteiger partial charge in [0.25, 0.3) is 0 Å². The molecule has 0 amide bonds. The highest BCUT2D eigenvalue weighted by molar-refractivity contribution is 9.10. The van der Waals surface area contributed by atoms with Crippen LogP contribution in [0.25, 0.3) is 0 Å². The molecule has 1 N–H and O–H groups in total. The standard InChI is InChI=1S/C11H12BrF3O/c1-6(2)10(16)7-3-4-9(12)8(5-7)11(13,14)15/h3-6,10,16H,1-2H3. The minimum Gasteiger partial charge on any atom is -0.388 e.